The summed E-state index contributed by atoms with van der Waals surface area (Å²) in [7, 11) is 0. The van der Waals surface area contributed by atoms with E-state index in [0.717, 1.165) is 37.3 Å². The van der Waals surface area contributed by atoms with Gasteiger partial charge in [-0.05, 0) is 32.1 Å². The predicted molar refractivity (Wildman–Crippen MR) is 89.2 cm³/mol. The molecule has 0 aliphatic carbocycles. The lowest BCUT2D eigenvalue weighted by atomic mass is 9.93. The number of rotatable bonds is 9. The van der Waals surface area contributed by atoms with Crippen molar-refractivity contribution < 1.29 is 19.2 Å². The molecule has 7 heteroatoms. The lowest BCUT2D eigenvalue weighted by Gasteiger charge is -2.32. The lowest BCUT2D eigenvalue weighted by molar-refractivity contribution is -0.130. The van der Waals surface area contributed by atoms with Crippen LogP contribution >= 0.6 is 0 Å². The second-order valence-electron chi connectivity index (χ2n) is 6.63. The van der Waals surface area contributed by atoms with E-state index in [4.69, 9.17) is 15.0 Å². The van der Waals surface area contributed by atoms with E-state index in [1.165, 1.54) is 0 Å². The fourth-order valence-electron chi connectivity index (χ4n) is 3.31. The van der Waals surface area contributed by atoms with E-state index in [1.54, 1.807) is 0 Å². The van der Waals surface area contributed by atoms with Gasteiger partial charge in [0.1, 0.15) is 12.0 Å². The second kappa shape index (κ2) is 8.60. The van der Waals surface area contributed by atoms with Crippen molar-refractivity contribution >= 4 is 5.91 Å². The highest BCUT2D eigenvalue weighted by Crippen LogP contribution is 2.28. The van der Waals surface area contributed by atoms with Crippen molar-refractivity contribution in [1.29, 1.82) is 0 Å². The van der Waals surface area contributed by atoms with Gasteiger partial charge < -0.3 is 20.1 Å². The Morgan fingerprint density at radius 3 is 2.92 bits per heavy atom. The fourth-order valence-corrected chi connectivity index (χ4v) is 3.31. The molecular weight excluding hydrogens is 310 g/mol. The van der Waals surface area contributed by atoms with Crippen LogP contribution in [0.3, 0.4) is 0 Å². The molecule has 2 heterocycles. The van der Waals surface area contributed by atoms with Crippen LogP contribution in [0.25, 0.3) is 0 Å². The summed E-state index contributed by atoms with van der Waals surface area (Å²) >= 11 is 0. The van der Waals surface area contributed by atoms with Crippen molar-refractivity contribution in [1.82, 2.24) is 10.1 Å². The molecule has 136 valence electrons. The van der Waals surface area contributed by atoms with Crippen molar-refractivity contribution in [3.8, 4) is 0 Å². The van der Waals surface area contributed by atoms with Gasteiger partial charge in [0, 0.05) is 25.1 Å². The van der Waals surface area contributed by atoms with Crippen LogP contribution in [0, 0.1) is 12.8 Å². The first-order valence-electron chi connectivity index (χ1n) is 8.68. The molecule has 1 fully saturated rings. The molecule has 7 nitrogen and oxygen atoms in total. The number of aliphatic hydroxyl groups is 1. The molecule has 1 saturated heterocycles. The van der Waals surface area contributed by atoms with Crippen LogP contribution in [0.5, 0.6) is 0 Å². The van der Waals surface area contributed by atoms with E-state index < -0.39 is 0 Å². The Kier molecular flexibility index (Phi) is 6.77. The number of amides is 1. The van der Waals surface area contributed by atoms with Crippen LogP contribution in [0.15, 0.2) is 10.6 Å². The molecule has 0 spiro atoms. The van der Waals surface area contributed by atoms with E-state index >= 15 is 0 Å². The maximum Gasteiger partial charge on any atom is 0.234 e. The van der Waals surface area contributed by atoms with Crippen LogP contribution in [-0.4, -0.2) is 53.1 Å². The van der Waals surface area contributed by atoms with Gasteiger partial charge in [0.2, 0.25) is 5.91 Å². The number of carbonyl (C=O) groups excluding carboxylic acids is 1. The summed E-state index contributed by atoms with van der Waals surface area (Å²) in [6.45, 7) is 7.10. The molecule has 0 bridgehead atoms. The van der Waals surface area contributed by atoms with Gasteiger partial charge in [0.05, 0.1) is 18.3 Å². The molecule has 4 atom stereocenters. The number of hydrogen-bond acceptors (Lipinski definition) is 6. The molecule has 1 aromatic rings. The van der Waals surface area contributed by atoms with E-state index in [1.807, 2.05) is 26.8 Å². The van der Waals surface area contributed by atoms with Crippen molar-refractivity contribution in [3.05, 3.63) is 17.5 Å². The Bertz CT molecular complexity index is 534. The van der Waals surface area contributed by atoms with Crippen molar-refractivity contribution in [3.63, 3.8) is 0 Å². The second-order valence-corrected chi connectivity index (χ2v) is 6.63. The summed E-state index contributed by atoms with van der Waals surface area (Å²) in [6, 6.07) is 1.62. The van der Waals surface area contributed by atoms with Crippen LogP contribution < -0.4 is 5.73 Å². The van der Waals surface area contributed by atoms with Gasteiger partial charge >= 0.3 is 0 Å². The van der Waals surface area contributed by atoms with Crippen LogP contribution in [0.1, 0.15) is 50.5 Å². The minimum absolute atomic E-state index is 0.0135. The number of likely N-dealkylation sites (tertiary alicyclic amines) is 1. The average molecular weight is 339 g/mol. The summed E-state index contributed by atoms with van der Waals surface area (Å²) in [5.74, 6) is 0.331. The molecule has 24 heavy (non-hydrogen) atoms. The third kappa shape index (κ3) is 4.34. The first kappa shape index (κ1) is 18.9. The molecule has 0 radical (unpaired) electrons. The lowest BCUT2D eigenvalue weighted by Crippen LogP contribution is -2.47. The maximum absolute atomic E-state index is 11.6. The highest BCUT2D eigenvalue weighted by molar-refractivity contribution is 5.80. The van der Waals surface area contributed by atoms with E-state index in [-0.39, 0.29) is 36.6 Å². The number of nitrogens with zero attached hydrogens (tertiary/aromatic N) is 2. The molecule has 0 aromatic carbocycles. The van der Waals surface area contributed by atoms with Gasteiger partial charge in [-0.15, -0.1) is 0 Å². The Morgan fingerprint density at radius 1 is 1.62 bits per heavy atom. The summed E-state index contributed by atoms with van der Waals surface area (Å²) in [5.41, 5.74) is 6.31. The third-order valence-corrected chi connectivity index (χ3v) is 4.80. The molecule has 2 unspecified atom stereocenters. The zero-order chi connectivity index (χ0) is 17.7. The number of aryl methyl sites for hydroxylation is 1. The fraction of sp³-hybridized carbons (Fsp3) is 0.765. The first-order chi connectivity index (χ1) is 11.5. The van der Waals surface area contributed by atoms with Crippen molar-refractivity contribution in [2.45, 2.75) is 58.2 Å². The van der Waals surface area contributed by atoms with Gasteiger partial charge in [0.25, 0.3) is 0 Å². The molecule has 2 rings (SSSR count). The SMILES string of the molecule is CCC(OC[C@@H](c1cc(C)no1)[C@@H](C)CO)N1CCCC1C(N)=O. The quantitative estimate of drug-likeness (QED) is 0.705. The van der Waals surface area contributed by atoms with Gasteiger partial charge in [-0.25, -0.2) is 0 Å². The molecule has 1 aromatic heterocycles. The summed E-state index contributed by atoms with van der Waals surface area (Å²) in [6.07, 6.45) is 2.33. The minimum Gasteiger partial charge on any atom is -0.396 e. The van der Waals surface area contributed by atoms with Gasteiger partial charge in [-0.3, -0.25) is 9.69 Å². The number of aliphatic hydroxyl groups excluding tert-OH is 1. The van der Waals surface area contributed by atoms with Gasteiger partial charge in [0.15, 0.2) is 0 Å². The van der Waals surface area contributed by atoms with E-state index in [9.17, 15) is 9.90 Å². The van der Waals surface area contributed by atoms with Crippen molar-refractivity contribution in [2.24, 2.45) is 11.7 Å². The summed E-state index contributed by atoms with van der Waals surface area (Å²) in [5, 5.41) is 13.5. The Morgan fingerprint density at radius 2 is 2.38 bits per heavy atom. The number of aromatic nitrogens is 1. The zero-order valence-electron chi connectivity index (χ0n) is 14.8. The monoisotopic (exact) mass is 339 g/mol. The Labute approximate surface area is 143 Å². The number of nitrogens with two attached hydrogens (primary N) is 1. The summed E-state index contributed by atoms with van der Waals surface area (Å²) < 4.78 is 11.5. The first-order valence-corrected chi connectivity index (χ1v) is 8.68. The zero-order valence-corrected chi connectivity index (χ0v) is 14.8. The summed E-state index contributed by atoms with van der Waals surface area (Å²) in [4.78, 5) is 13.7. The van der Waals surface area contributed by atoms with Gasteiger partial charge in [-0.2, -0.15) is 0 Å². The molecular formula is C17H29N3O4. The Balaban J connectivity index is 2.04. The third-order valence-electron chi connectivity index (χ3n) is 4.80. The number of hydrogen-bond donors (Lipinski definition) is 2. The van der Waals surface area contributed by atoms with E-state index in [0.29, 0.717) is 6.61 Å². The molecule has 1 aliphatic heterocycles. The molecule has 1 amide bonds. The molecule has 0 saturated carbocycles. The maximum atomic E-state index is 11.6. The van der Waals surface area contributed by atoms with Crippen LogP contribution in [0.4, 0.5) is 0 Å². The highest BCUT2D eigenvalue weighted by atomic mass is 16.5. The van der Waals surface area contributed by atoms with Crippen LogP contribution in [0.2, 0.25) is 0 Å². The minimum atomic E-state index is -0.291. The molecule has 3 N–H and O–H groups in total. The Hall–Kier alpha value is -1.44. The number of carbonyl (C=O) groups is 1. The normalized spacial score (nSPS) is 22.4. The largest absolute Gasteiger partial charge is 0.396 e. The van der Waals surface area contributed by atoms with E-state index in [2.05, 4.69) is 10.1 Å². The van der Waals surface area contributed by atoms with Crippen LogP contribution in [-0.2, 0) is 9.53 Å². The average Bonchev–Trinajstić information content (AvgIpc) is 3.20. The predicted octanol–water partition coefficient (Wildman–Crippen LogP) is 1.40. The van der Waals surface area contributed by atoms with Gasteiger partial charge in [-0.1, -0.05) is 19.0 Å². The highest BCUT2D eigenvalue weighted by Gasteiger charge is 2.35. The standard InChI is InChI=1S/C17H29N3O4/c1-4-16(20-7-5-6-14(20)17(18)22)23-10-13(11(2)9-21)15-8-12(3)19-24-15/h8,11,13-14,16,21H,4-7,9-10H2,1-3H3,(H2,18,22)/t11-,13+,14?,16?/m0/s1. The smallest absolute Gasteiger partial charge is 0.234 e. The topological polar surface area (TPSA) is 102 Å². The van der Waals surface area contributed by atoms with Crippen molar-refractivity contribution in [2.75, 3.05) is 19.8 Å². The molecule has 1 aliphatic rings. The number of ether oxygens (including phenoxy) is 1. The number of primary amides is 1.